The van der Waals surface area contributed by atoms with E-state index in [1.54, 1.807) is 0 Å². The van der Waals surface area contributed by atoms with Crippen LogP contribution in [0.15, 0.2) is 0 Å². The van der Waals surface area contributed by atoms with E-state index in [-0.39, 0.29) is 0 Å². The molecule has 0 bridgehead atoms. The normalized spacial score (nSPS) is 13.6. The molecule has 1 atom stereocenters. The highest BCUT2D eigenvalue weighted by atomic mass is 15.1. The number of unbranched alkanes of at least 4 members (excludes halogenated alkanes) is 2. The molecular weight excluding hydrogens is 208 g/mol. The van der Waals surface area contributed by atoms with E-state index in [2.05, 4.69) is 45.0 Å². The molecule has 2 heteroatoms. The zero-order valence-corrected chi connectivity index (χ0v) is 12.8. The Morgan fingerprint density at radius 2 is 1.71 bits per heavy atom. The summed E-state index contributed by atoms with van der Waals surface area (Å²) in [7, 11) is 2.27. The maximum absolute atomic E-state index is 3.46. The highest BCUT2D eigenvalue weighted by molar-refractivity contribution is 4.65. The zero-order valence-electron chi connectivity index (χ0n) is 12.8. The Morgan fingerprint density at radius 3 is 2.29 bits per heavy atom. The third-order valence-corrected chi connectivity index (χ3v) is 3.36. The smallest absolute Gasteiger partial charge is 0.00663 e. The van der Waals surface area contributed by atoms with Crippen LogP contribution in [-0.4, -0.2) is 37.6 Å². The first-order valence-electron chi connectivity index (χ1n) is 7.48. The molecular formula is C15H34N2. The third kappa shape index (κ3) is 10.8. The molecule has 0 saturated heterocycles. The topological polar surface area (TPSA) is 15.3 Å². The molecule has 0 aromatic heterocycles. The molecule has 1 unspecified atom stereocenters. The molecule has 0 aliphatic heterocycles. The SMILES string of the molecule is CCCNCCCCCN(C)C(C)CC(C)C. The van der Waals surface area contributed by atoms with Gasteiger partial charge in [0.2, 0.25) is 0 Å². The van der Waals surface area contributed by atoms with Crippen molar-refractivity contribution in [3.8, 4) is 0 Å². The third-order valence-electron chi connectivity index (χ3n) is 3.36. The molecule has 2 nitrogen and oxygen atoms in total. The van der Waals surface area contributed by atoms with E-state index in [9.17, 15) is 0 Å². The van der Waals surface area contributed by atoms with Crippen LogP contribution in [0.25, 0.3) is 0 Å². The second kappa shape index (κ2) is 11.0. The van der Waals surface area contributed by atoms with Crippen molar-refractivity contribution in [2.24, 2.45) is 5.92 Å². The molecule has 104 valence electrons. The van der Waals surface area contributed by atoms with Gasteiger partial charge in [-0.2, -0.15) is 0 Å². The van der Waals surface area contributed by atoms with Crippen LogP contribution in [0.2, 0.25) is 0 Å². The number of hydrogen-bond donors (Lipinski definition) is 1. The lowest BCUT2D eigenvalue weighted by atomic mass is 10.0. The molecule has 0 radical (unpaired) electrons. The summed E-state index contributed by atoms with van der Waals surface area (Å²) in [6.07, 6.45) is 6.58. The van der Waals surface area contributed by atoms with E-state index < -0.39 is 0 Å². The van der Waals surface area contributed by atoms with Gasteiger partial charge in [0, 0.05) is 6.04 Å². The quantitative estimate of drug-likeness (QED) is 0.558. The minimum Gasteiger partial charge on any atom is -0.317 e. The highest BCUT2D eigenvalue weighted by Gasteiger charge is 2.09. The Kier molecular flexibility index (Phi) is 11.0. The molecule has 0 aliphatic carbocycles. The molecule has 0 saturated carbocycles. The van der Waals surface area contributed by atoms with Crippen molar-refractivity contribution in [3.63, 3.8) is 0 Å². The summed E-state index contributed by atoms with van der Waals surface area (Å²) in [6, 6.07) is 0.730. The van der Waals surface area contributed by atoms with Gasteiger partial charge >= 0.3 is 0 Å². The summed E-state index contributed by atoms with van der Waals surface area (Å²) in [4.78, 5) is 2.51. The molecule has 0 fully saturated rings. The summed E-state index contributed by atoms with van der Waals surface area (Å²) in [6.45, 7) is 12.8. The predicted octanol–water partition coefficient (Wildman–Crippen LogP) is 3.52. The first-order valence-corrected chi connectivity index (χ1v) is 7.48. The fourth-order valence-corrected chi connectivity index (χ4v) is 2.17. The van der Waals surface area contributed by atoms with Crippen molar-refractivity contribution in [1.29, 1.82) is 0 Å². The number of nitrogens with one attached hydrogen (secondary N) is 1. The summed E-state index contributed by atoms with van der Waals surface area (Å²) < 4.78 is 0. The molecule has 1 N–H and O–H groups in total. The van der Waals surface area contributed by atoms with Crippen LogP contribution in [0.5, 0.6) is 0 Å². The van der Waals surface area contributed by atoms with E-state index in [0.717, 1.165) is 12.0 Å². The standard InChI is InChI=1S/C15H34N2/c1-6-10-16-11-8-7-9-12-17(5)15(4)13-14(2)3/h14-16H,6-13H2,1-5H3. The van der Waals surface area contributed by atoms with Crippen LogP contribution in [-0.2, 0) is 0 Å². The van der Waals surface area contributed by atoms with Crippen molar-refractivity contribution in [1.82, 2.24) is 10.2 Å². The Bertz CT molecular complexity index is 157. The van der Waals surface area contributed by atoms with Gasteiger partial charge in [-0.3, -0.25) is 0 Å². The summed E-state index contributed by atoms with van der Waals surface area (Å²) in [5.41, 5.74) is 0. The van der Waals surface area contributed by atoms with Crippen LogP contribution in [0, 0.1) is 5.92 Å². The van der Waals surface area contributed by atoms with Crippen molar-refractivity contribution in [3.05, 3.63) is 0 Å². The molecule has 0 aliphatic rings. The second-order valence-electron chi connectivity index (χ2n) is 5.77. The minimum absolute atomic E-state index is 0.730. The molecule has 0 aromatic carbocycles. The maximum atomic E-state index is 3.46. The maximum Gasteiger partial charge on any atom is 0.00663 e. The number of nitrogens with zero attached hydrogens (tertiary/aromatic N) is 1. The summed E-state index contributed by atoms with van der Waals surface area (Å²) >= 11 is 0. The molecule has 17 heavy (non-hydrogen) atoms. The summed E-state index contributed by atoms with van der Waals surface area (Å²) in [5.74, 6) is 0.811. The van der Waals surface area contributed by atoms with Gasteiger partial charge < -0.3 is 10.2 Å². The lowest BCUT2D eigenvalue weighted by molar-refractivity contribution is 0.224. The Labute approximate surface area is 109 Å². The first-order chi connectivity index (χ1) is 8.07. The van der Waals surface area contributed by atoms with Crippen LogP contribution in [0.4, 0.5) is 0 Å². The van der Waals surface area contributed by atoms with Gasteiger partial charge in [0.25, 0.3) is 0 Å². The van der Waals surface area contributed by atoms with Gasteiger partial charge in [0.15, 0.2) is 0 Å². The van der Waals surface area contributed by atoms with Crippen LogP contribution < -0.4 is 5.32 Å². The number of hydrogen-bond acceptors (Lipinski definition) is 2. The van der Waals surface area contributed by atoms with Gasteiger partial charge in [-0.1, -0.05) is 27.2 Å². The lowest BCUT2D eigenvalue weighted by Gasteiger charge is -2.26. The summed E-state index contributed by atoms with van der Waals surface area (Å²) in [5, 5.41) is 3.46. The highest BCUT2D eigenvalue weighted by Crippen LogP contribution is 2.10. The van der Waals surface area contributed by atoms with Crippen LogP contribution in [0.3, 0.4) is 0 Å². The molecule has 0 heterocycles. The Balaban J connectivity index is 3.35. The van der Waals surface area contributed by atoms with E-state index in [1.807, 2.05) is 0 Å². The van der Waals surface area contributed by atoms with Crippen molar-refractivity contribution >= 4 is 0 Å². The molecule has 0 spiro atoms. The zero-order chi connectivity index (χ0) is 13.1. The predicted molar refractivity (Wildman–Crippen MR) is 78.6 cm³/mol. The molecule has 0 aromatic rings. The van der Waals surface area contributed by atoms with Gasteiger partial charge in [0.05, 0.1) is 0 Å². The fraction of sp³-hybridized carbons (Fsp3) is 1.00. The van der Waals surface area contributed by atoms with Crippen molar-refractivity contribution in [2.75, 3.05) is 26.7 Å². The van der Waals surface area contributed by atoms with E-state index >= 15 is 0 Å². The number of rotatable bonds is 11. The second-order valence-corrected chi connectivity index (χ2v) is 5.77. The average Bonchev–Trinajstić information content (AvgIpc) is 2.26. The van der Waals surface area contributed by atoms with Crippen LogP contribution in [0.1, 0.15) is 59.8 Å². The van der Waals surface area contributed by atoms with Crippen molar-refractivity contribution < 1.29 is 0 Å². The van der Waals surface area contributed by atoms with E-state index in [4.69, 9.17) is 0 Å². The van der Waals surface area contributed by atoms with Gasteiger partial charge in [-0.15, -0.1) is 0 Å². The van der Waals surface area contributed by atoms with Crippen LogP contribution >= 0.6 is 0 Å². The van der Waals surface area contributed by atoms with Crippen molar-refractivity contribution in [2.45, 2.75) is 65.8 Å². The monoisotopic (exact) mass is 242 g/mol. The van der Waals surface area contributed by atoms with E-state index in [0.29, 0.717) is 0 Å². The molecule has 0 amide bonds. The Hall–Kier alpha value is -0.0800. The van der Waals surface area contributed by atoms with Gasteiger partial charge in [-0.05, 0) is 65.2 Å². The molecule has 0 rings (SSSR count). The minimum atomic E-state index is 0.730. The van der Waals surface area contributed by atoms with Gasteiger partial charge in [-0.25, -0.2) is 0 Å². The van der Waals surface area contributed by atoms with Gasteiger partial charge in [0.1, 0.15) is 0 Å². The van der Waals surface area contributed by atoms with E-state index in [1.165, 1.54) is 51.7 Å². The largest absolute Gasteiger partial charge is 0.317 e. The average molecular weight is 242 g/mol. The fourth-order valence-electron chi connectivity index (χ4n) is 2.17. The Morgan fingerprint density at radius 1 is 1.00 bits per heavy atom. The lowest BCUT2D eigenvalue weighted by Crippen LogP contribution is -2.31. The first kappa shape index (κ1) is 16.9.